The number of aliphatic carboxylic acids is 1. The van der Waals surface area contributed by atoms with E-state index in [2.05, 4.69) is 5.32 Å². The van der Waals surface area contributed by atoms with Crippen molar-refractivity contribution >= 4 is 11.9 Å². The van der Waals surface area contributed by atoms with E-state index in [1.54, 1.807) is 0 Å². The average Bonchev–Trinajstić information content (AvgIpc) is 2.96. The Morgan fingerprint density at radius 2 is 1.53 bits per heavy atom. The van der Waals surface area contributed by atoms with Gasteiger partial charge >= 0.3 is 5.97 Å². The molecule has 16 atom stereocenters. The fourth-order valence-electron chi connectivity index (χ4n) is 5.16. The zero-order valence-corrected chi connectivity index (χ0v) is 22.7. The molecule has 3 saturated heterocycles. The minimum absolute atomic E-state index is 0.749. The van der Waals surface area contributed by atoms with Gasteiger partial charge in [0, 0.05) is 13.3 Å². The number of nitrogens with one attached hydrogen (secondary N) is 1. The van der Waals surface area contributed by atoms with Gasteiger partial charge in [-0.25, -0.2) is 4.79 Å². The Morgan fingerprint density at radius 3 is 2.07 bits per heavy atom. The first-order chi connectivity index (χ1) is 20.1. The second-order valence-electron chi connectivity index (χ2n) is 10.5. The Bertz CT molecular complexity index is 942. The van der Waals surface area contributed by atoms with E-state index in [1.807, 2.05) is 0 Å². The van der Waals surface area contributed by atoms with Crippen LogP contribution in [0, 0.1) is 0 Å². The van der Waals surface area contributed by atoms with Crippen molar-refractivity contribution in [1.82, 2.24) is 5.32 Å². The number of ether oxygens (including phenoxy) is 5. The van der Waals surface area contributed by atoms with Crippen LogP contribution >= 0.6 is 0 Å². The molecule has 0 aliphatic carbocycles. The van der Waals surface area contributed by atoms with Crippen LogP contribution in [-0.4, -0.2) is 191 Å². The Morgan fingerprint density at radius 1 is 0.907 bits per heavy atom. The van der Waals surface area contributed by atoms with Gasteiger partial charge in [-0.2, -0.15) is 0 Å². The van der Waals surface area contributed by atoms with Crippen molar-refractivity contribution in [2.24, 2.45) is 0 Å². The predicted molar refractivity (Wildman–Crippen MR) is 130 cm³/mol. The Hall–Kier alpha value is -1.70. The van der Waals surface area contributed by atoms with Crippen LogP contribution in [0.1, 0.15) is 13.3 Å². The van der Waals surface area contributed by atoms with Crippen LogP contribution in [0.5, 0.6) is 0 Å². The van der Waals surface area contributed by atoms with Crippen molar-refractivity contribution in [2.75, 3.05) is 19.8 Å². The molecule has 0 radical (unpaired) electrons. The molecule has 43 heavy (non-hydrogen) atoms. The van der Waals surface area contributed by atoms with Crippen LogP contribution in [0.3, 0.4) is 0 Å². The lowest BCUT2D eigenvalue weighted by Gasteiger charge is -2.50. The van der Waals surface area contributed by atoms with E-state index >= 15 is 0 Å². The summed E-state index contributed by atoms with van der Waals surface area (Å²) in [5.41, 5.74) is 0. The Labute approximate surface area is 243 Å². The fourth-order valence-corrected chi connectivity index (χ4v) is 5.16. The number of aliphatic hydroxyl groups is 11. The quantitative estimate of drug-likeness (QED) is 0.100. The number of carbonyl (C=O) groups excluding carboxylic acids is 1. The normalized spacial score (nSPS) is 45.3. The maximum Gasteiger partial charge on any atom is 0.364 e. The molecule has 20 nitrogen and oxygen atoms in total. The molecule has 0 bridgehead atoms. The summed E-state index contributed by atoms with van der Waals surface area (Å²) in [6.07, 6.45) is -27.8. The highest BCUT2D eigenvalue weighted by atomic mass is 16.8. The van der Waals surface area contributed by atoms with Gasteiger partial charge in [-0.3, -0.25) is 4.79 Å². The summed E-state index contributed by atoms with van der Waals surface area (Å²) in [7, 11) is 0. The topological polar surface area (TPSA) is 335 Å². The SMILES string of the molecule is CC(=O)N[C@H]1[C@H]([C@H](O)[C@H](O)CO)O[C@@](O[C@@H]2[C@H](O)[C@H](O[C@H]3[C@H](O)[C@H](O)[C@H](O)O[C@H]3CO)O[C@@H](CO)[C@@H]2O)(C(=O)O)C[C@H]1O. The maximum absolute atomic E-state index is 12.5. The van der Waals surface area contributed by atoms with Crippen molar-refractivity contribution in [3.05, 3.63) is 0 Å². The van der Waals surface area contributed by atoms with Crippen LogP contribution in [0.4, 0.5) is 0 Å². The molecule has 1 amide bonds. The van der Waals surface area contributed by atoms with Crippen molar-refractivity contribution in [2.45, 2.75) is 111 Å². The highest BCUT2D eigenvalue weighted by molar-refractivity contribution is 5.76. The molecule has 0 aromatic rings. The third-order valence-electron chi connectivity index (χ3n) is 7.47. The van der Waals surface area contributed by atoms with E-state index in [-0.39, 0.29) is 0 Å². The smallest absolute Gasteiger partial charge is 0.364 e. The lowest BCUT2D eigenvalue weighted by molar-refractivity contribution is -0.385. The molecule has 13 N–H and O–H groups in total. The molecule has 0 aromatic heterocycles. The molecule has 0 unspecified atom stereocenters. The summed E-state index contributed by atoms with van der Waals surface area (Å²) in [6, 6.07) is -1.54. The highest BCUT2D eigenvalue weighted by Gasteiger charge is 2.60. The van der Waals surface area contributed by atoms with Gasteiger partial charge in [0.25, 0.3) is 5.79 Å². The van der Waals surface area contributed by atoms with Gasteiger partial charge in [-0.1, -0.05) is 0 Å². The number of hydrogen-bond donors (Lipinski definition) is 13. The minimum Gasteiger partial charge on any atom is -0.477 e. The number of hydrogen-bond acceptors (Lipinski definition) is 18. The maximum atomic E-state index is 12.5. The third-order valence-corrected chi connectivity index (χ3v) is 7.47. The second kappa shape index (κ2) is 14.6. The number of rotatable bonds is 11. The Balaban J connectivity index is 1.94. The minimum atomic E-state index is -3.02. The van der Waals surface area contributed by atoms with Gasteiger partial charge in [0.2, 0.25) is 5.91 Å². The average molecular weight is 634 g/mol. The van der Waals surface area contributed by atoms with E-state index in [0.29, 0.717) is 0 Å². The van der Waals surface area contributed by atoms with Crippen LogP contribution < -0.4 is 5.32 Å². The highest BCUT2D eigenvalue weighted by Crippen LogP contribution is 2.38. The molecule has 3 fully saturated rings. The molecular weight excluding hydrogens is 594 g/mol. The van der Waals surface area contributed by atoms with Crippen LogP contribution in [-0.2, 0) is 33.3 Å². The van der Waals surface area contributed by atoms with Crippen LogP contribution in [0.25, 0.3) is 0 Å². The molecule has 250 valence electrons. The van der Waals surface area contributed by atoms with Gasteiger partial charge < -0.3 is 90.3 Å². The zero-order valence-electron chi connectivity index (χ0n) is 22.7. The molecule has 3 aliphatic rings. The number of amides is 1. The lowest BCUT2D eigenvalue weighted by atomic mass is 9.88. The van der Waals surface area contributed by atoms with Crippen molar-refractivity contribution in [3.8, 4) is 0 Å². The number of carboxylic acid groups (broad SMARTS) is 1. The van der Waals surface area contributed by atoms with Gasteiger partial charge in [0.05, 0.1) is 32.0 Å². The summed E-state index contributed by atoms with van der Waals surface area (Å²) in [4.78, 5) is 24.3. The van der Waals surface area contributed by atoms with E-state index in [9.17, 15) is 70.9 Å². The predicted octanol–water partition coefficient (Wildman–Crippen LogP) is -8.22. The standard InChI is InChI=1S/C23H39NO19/c1-6(28)24-11-7(29)2-23(22(37)38,42-18(11)12(31)8(30)3-25)43-19-13(32)9(4-26)40-21(16(19)35)41-17-10(5-27)39-20(36)15(34)14(17)33/h7-21,25-27,29-36H,2-5H2,1H3,(H,24,28)(H,37,38)/t7-,8-,9+,10+,11-,12-,13+,14-,15+,16+,17-,18-,19+,20-,21+,23+/m1/s1. The summed E-state index contributed by atoms with van der Waals surface area (Å²) < 4.78 is 26.8. The van der Waals surface area contributed by atoms with E-state index in [4.69, 9.17) is 23.7 Å². The third kappa shape index (κ3) is 7.41. The number of aliphatic hydroxyl groups excluding tert-OH is 11. The first-order valence-corrected chi connectivity index (χ1v) is 13.2. The molecule has 3 rings (SSSR count). The van der Waals surface area contributed by atoms with Gasteiger partial charge in [0.1, 0.15) is 67.1 Å². The summed E-state index contributed by atoms with van der Waals surface area (Å²) in [6.45, 7) is -1.85. The van der Waals surface area contributed by atoms with Gasteiger partial charge in [-0.15, -0.1) is 0 Å². The molecular formula is C23H39NO19. The van der Waals surface area contributed by atoms with E-state index < -0.39 is 136 Å². The van der Waals surface area contributed by atoms with Crippen LogP contribution in [0.2, 0.25) is 0 Å². The molecule has 0 spiro atoms. The van der Waals surface area contributed by atoms with Crippen molar-refractivity contribution in [1.29, 1.82) is 0 Å². The number of carbonyl (C=O) groups is 2. The molecule has 3 aliphatic heterocycles. The van der Waals surface area contributed by atoms with Gasteiger partial charge in [0.15, 0.2) is 12.6 Å². The van der Waals surface area contributed by atoms with E-state index in [1.165, 1.54) is 0 Å². The van der Waals surface area contributed by atoms with Crippen LogP contribution in [0.15, 0.2) is 0 Å². The number of carboxylic acids is 1. The molecule has 3 heterocycles. The van der Waals surface area contributed by atoms with Crippen molar-refractivity contribution in [3.63, 3.8) is 0 Å². The van der Waals surface area contributed by atoms with E-state index in [0.717, 1.165) is 6.92 Å². The fraction of sp³-hybridized carbons (Fsp3) is 0.913. The summed E-state index contributed by atoms with van der Waals surface area (Å²) in [5.74, 6) is -5.74. The summed E-state index contributed by atoms with van der Waals surface area (Å²) >= 11 is 0. The summed E-state index contributed by atoms with van der Waals surface area (Å²) in [5, 5.41) is 124. The molecule has 0 saturated carbocycles. The lowest BCUT2D eigenvalue weighted by Crippen LogP contribution is -2.70. The monoisotopic (exact) mass is 633 g/mol. The molecule has 20 heteroatoms. The first kappa shape index (κ1) is 35.8. The van der Waals surface area contributed by atoms with Crippen molar-refractivity contribution < 1.29 is 94.6 Å². The second-order valence-corrected chi connectivity index (χ2v) is 10.5. The Kier molecular flexibility index (Phi) is 12.1. The molecule has 0 aromatic carbocycles. The van der Waals surface area contributed by atoms with Gasteiger partial charge in [-0.05, 0) is 0 Å². The first-order valence-electron chi connectivity index (χ1n) is 13.2. The largest absolute Gasteiger partial charge is 0.477 e. The zero-order chi connectivity index (χ0) is 32.4.